The fraction of sp³-hybridized carbons (Fsp3) is 0.222. The molecule has 6 heteroatoms. The topological polar surface area (TPSA) is 75.3 Å². The summed E-state index contributed by atoms with van der Waals surface area (Å²) in [6, 6.07) is 16.3. The largest absolute Gasteiger partial charge is 0.338 e. The lowest BCUT2D eigenvalue weighted by Crippen LogP contribution is -2.42. The second-order valence-electron chi connectivity index (χ2n) is 5.84. The highest BCUT2D eigenvalue weighted by Gasteiger charge is 2.46. The van der Waals surface area contributed by atoms with Gasteiger partial charge >= 0.3 is 11.8 Å². The molecule has 24 heavy (non-hydrogen) atoms. The molecular formula is C18H18N2O3S. The van der Waals surface area contributed by atoms with Crippen LogP contribution in [0.3, 0.4) is 0 Å². The van der Waals surface area contributed by atoms with Crippen LogP contribution in [0, 0.1) is 0 Å². The van der Waals surface area contributed by atoms with Crippen molar-refractivity contribution >= 4 is 28.3 Å². The van der Waals surface area contributed by atoms with Crippen LogP contribution in [0.15, 0.2) is 59.5 Å². The monoisotopic (exact) mass is 342 g/mol. The Balaban J connectivity index is 1.67. The average molecular weight is 342 g/mol. The molecule has 0 aromatic heterocycles. The van der Waals surface area contributed by atoms with Gasteiger partial charge in [0.15, 0.2) is 0 Å². The fourth-order valence-corrected chi connectivity index (χ4v) is 3.15. The van der Waals surface area contributed by atoms with Gasteiger partial charge in [0.05, 0.1) is 5.54 Å². The van der Waals surface area contributed by atoms with Crippen molar-refractivity contribution in [1.29, 1.82) is 0 Å². The summed E-state index contributed by atoms with van der Waals surface area (Å²) in [4.78, 5) is 24.9. The number of anilines is 1. The van der Waals surface area contributed by atoms with E-state index in [0.29, 0.717) is 10.6 Å². The molecule has 2 aromatic carbocycles. The van der Waals surface area contributed by atoms with Crippen molar-refractivity contribution in [2.24, 2.45) is 0 Å². The molecule has 0 heterocycles. The van der Waals surface area contributed by atoms with Gasteiger partial charge in [-0.15, -0.1) is 0 Å². The molecule has 124 valence electrons. The van der Waals surface area contributed by atoms with E-state index in [4.69, 9.17) is 0 Å². The van der Waals surface area contributed by atoms with E-state index in [1.54, 1.807) is 30.5 Å². The van der Waals surface area contributed by atoms with E-state index in [1.807, 2.05) is 30.3 Å². The Bertz CT molecular complexity index is 801. The molecular weight excluding hydrogens is 324 g/mol. The van der Waals surface area contributed by atoms with Crippen LogP contribution < -0.4 is 10.6 Å². The zero-order chi connectivity index (χ0) is 17.2. The van der Waals surface area contributed by atoms with Crippen LogP contribution in [0.2, 0.25) is 0 Å². The summed E-state index contributed by atoms with van der Waals surface area (Å²) in [5, 5.41) is 5.38. The van der Waals surface area contributed by atoms with E-state index in [-0.39, 0.29) is 0 Å². The van der Waals surface area contributed by atoms with E-state index < -0.39 is 28.2 Å². The molecule has 0 spiro atoms. The maximum atomic E-state index is 12.2. The highest BCUT2D eigenvalue weighted by atomic mass is 32.2. The summed E-state index contributed by atoms with van der Waals surface area (Å²) in [5.41, 5.74) is 1.03. The number of hydrogen-bond acceptors (Lipinski definition) is 3. The number of carbonyl (C=O) groups excluding carboxylic acids is 2. The Morgan fingerprint density at radius 1 is 1.00 bits per heavy atom. The standard InChI is InChI=1S/C18H18N2O3S/c1-24(23)15-9-5-8-14(12-15)19-16(21)17(22)20-18(10-11-18)13-6-3-2-4-7-13/h2-9,12H,10-11H2,1H3,(H,19,21)(H,20,22). The average Bonchev–Trinajstić information content (AvgIpc) is 3.36. The molecule has 2 N–H and O–H groups in total. The number of carbonyl (C=O) groups is 2. The lowest BCUT2D eigenvalue weighted by atomic mass is 10.1. The van der Waals surface area contributed by atoms with Gasteiger partial charge in [-0.1, -0.05) is 36.4 Å². The first kappa shape index (κ1) is 16.4. The Morgan fingerprint density at radius 2 is 1.71 bits per heavy atom. The maximum Gasteiger partial charge on any atom is 0.313 e. The molecule has 0 saturated heterocycles. The van der Waals surface area contributed by atoms with Crippen LogP contribution in [0.4, 0.5) is 5.69 Å². The van der Waals surface area contributed by atoms with Gasteiger partial charge in [0, 0.05) is 27.6 Å². The molecule has 3 rings (SSSR count). The van der Waals surface area contributed by atoms with Gasteiger partial charge in [-0.05, 0) is 36.6 Å². The summed E-state index contributed by atoms with van der Waals surface area (Å²) < 4.78 is 11.5. The Hall–Kier alpha value is -2.47. The van der Waals surface area contributed by atoms with Gasteiger partial charge in [-0.25, -0.2) is 0 Å². The minimum absolute atomic E-state index is 0.428. The van der Waals surface area contributed by atoms with Gasteiger partial charge in [0.25, 0.3) is 0 Å². The highest BCUT2D eigenvalue weighted by Crippen LogP contribution is 2.45. The summed E-state index contributed by atoms with van der Waals surface area (Å²) in [6.07, 6.45) is 3.20. The van der Waals surface area contributed by atoms with E-state index >= 15 is 0 Å². The number of benzene rings is 2. The third kappa shape index (κ3) is 3.54. The molecule has 2 aromatic rings. The summed E-state index contributed by atoms with van der Waals surface area (Å²) in [6.45, 7) is 0. The van der Waals surface area contributed by atoms with Crippen molar-refractivity contribution in [3.8, 4) is 0 Å². The predicted octanol–water partition coefficient (Wildman–Crippen LogP) is 2.17. The van der Waals surface area contributed by atoms with Gasteiger partial charge in [-0.2, -0.15) is 0 Å². The zero-order valence-corrected chi connectivity index (χ0v) is 14.1. The molecule has 1 aliphatic rings. The first-order chi connectivity index (χ1) is 11.5. The van der Waals surface area contributed by atoms with Gasteiger partial charge in [-0.3, -0.25) is 13.8 Å². The Morgan fingerprint density at radius 3 is 2.33 bits per heavy atom. The summed E-state index contributed by atoms with van der Waals surface area (Å²) >= 11 is 0. The van der Waals surface area contributed by atoms with Gasteiger partial charge in [0.2, 0.25) is 0 Å². The zero-order valence-electron chi connectivity index (χ0n) is 13.2. The first-order valence-electron chi connectivity index (χ1n) is 7.63. The lowest BCUT2D eigenvalue weighted by molar-refractivity contribution is -0.136. The molecule has 1 aliphatic carbocycles. The molecule has 1 unspecified atom stereocenters. The van der Waals surface area contributed by atoms with Crippen LogP contribution in [-0.4, -0.2) is 22.3 Å². The molecule has 0 radical (unpaired) electrons. The molecule has 0 bridgehead atoms. The summed E-state index contributed by atoms with van der Waals surface area (Å²) in [5.74, 6) is -1.39. The van der Waals surface area contributed by atoms with E-state index in [9.17, 15) is 13.8 Å². The van der Waals surface area contributed by atoms with Crippen LogP contribution in [0.25, 0.3) is 0 Å². The number of hydrogen-bond donors (Lipinski definition) is 2. The smallest absolute Gasteiger partial charge is 0.313 e. The maximum absolute atomic E-state index is 12.2. The summed E-state index contributed by atoms with van der Waals surface area (Å²) in [7, 11) is -1.15. The van der Waals surface area contributed by atoms with E-state index in [1.165, 1.54) is 0 Å². The van der Waals surface area contributed by atoms with E-state index in [0.717, 1.165) is 18.4 Å². The quantitative estimate of drug-likeness (QED) is 0.836. The molecule has 1 saturated carbocycles. The third-order valence-corrected chi connectivity index (χ3v) is 4.98. The van der Waals surface area contributed by atoms with Crippen molar-refractivity contribution in [3.05, 3.63) is 60.2 Å². The second kappa shape index (κ2) is 6.57. The number of amides is 2. The normalized spacial score (nSPS) is 16.0. The molecule has 1 fully saturated rings. The molecule has 5 nitrogen and oxygen atoms in total. The molecule has 0 aliphatic heterocycles. The van der Waals surface area contributed by atoms with Crippen molar-refractivity contribution < 1.29 is 13.8 Å². The van der Waals surface area contributed by atoms with Crippen molar-refractivity contribution in [1.82, 2.24) is 5.32 Å². The second-order valence-corrected chi connectivity index (χ2v) is 7.22. The van der Waals surface area contributed by atoms with Crippen molar-refractivity contribution in [3.63, 3.8) is 0 Å². The Kier molecular flexibility index (Phi) is 4.49. The first-order valence-corrected chi connectivity index (χ1v) is 9.18. The van der Waals surface area contributed by atoms with Crippen LogP contribution in [-0.2, 0) is 25.9 Å². The van der Waals surface area contributed by atoms with Crippen LogP contribution in [0.5, 0.6) is 0 Å². The van der Waals surface area contributed by atoms with Gasteiger partial charge in [0.1, 0.15) is 0 Å². The van der Waals surface area contributed by atoms with E-state index in [2.05, 4.69) is 10.6 Å². The van der Waals surface area contributed by atoms with Crippen molar-refractivity contribution in [2.75, 3.05) is 11.6 Å². The number of rotatable bonds is 4. The van der Waals surface area contributed by atoms with Gasteiger partial charge < -0.3 is 10.6 Å². The van der Waals surface area contributed by atoms with Crippen LogP contribution >= 0.6 is 0 Å². The predicted molar refractivity (Wildman–Crippen MR) is 92.9 cm³/mol. The van der Waals surface area contributed by atoms with Crippen molar-refractivity contribution in [2.45, 2.75) is 23.3 Å². The van der Waals surface area contributed by atoms with Crippen LogP contribution in [0.1, 0.15) is 18.4 Å². The highest BCUT2D eigenvalue weighted by molar-refractivity contribution is 7.84. The Labute approximate surface area is 142 Å². The molecule has 2 amide bonds. The minimum atomic E-state index is -1.15. The minimum Gasteiger partial charge on any atom is -0.338 e. The SMILES string of the molecule is CS(=O)c1cccc(NC(=O)C(=O)NC2(c3ccccc3)CC2)c1. The fourth-order valence-electron chi connectivity index (χ4n) is 2.58. The third-order valence-electron chi connectivity index (χ3n) is 4.06. The lowest BCUT2D eigenvalue weighted by Gasteiger charge is -2.17. The molecule has 1 atom stereocenters. The number of nitrogens with one attached hydrogen (secondary N) is 2.